The van der Waals surface area contributed by atoms with Gasteiger partial charge in [0.15, 0.2) is 6.10 Å². The quantitative estimate of drug-likeness (QED) is 0.0346. The molecule has 0 aliphatic rings. The molecule has 0 aliphatic carbocycles. The van der Waals surface area contributed by atoms with Crippen molar-refractivity contribution in [2.45, 2.75) is 284 Å². The van der Waals surface area contributed by atoms with Crippen molar-refractivity contribution in [2.24, 2.45) is 0 Å². The minimum absolute atomic E-state index is 0.0754. The lowest BCUT2D eigenvalue weighted by Gasteiger charge is -2.18. The van der Waals surface area contributed by atoms with Crippen LogP contribution in [0.15, 0.2) is 48.6 Å². The third-order valence-electron chi connectivity index (χ3n) is 11.8. The van der Waals surface area contributed by atoms with E-state index in [0.717, 1.165) is 77.0 Å². The van der Waals surface area contributed by atoms with E-state index in [2.05, 4.69) is 69.4 Å². The molecule has 0 radical (unpaired) electrons. The van der Waals surface area contributed by atoms with Gasteiger partial charge in [-0.05, 0) is 83.5 Å². The molecule has 0 spiro atoms. The molecule has 0 unspecified atom stereocenters. The number of rotatable bonds is 50. The predicted molar refractivity (Wildman–Crippen MR) is 270 cm³/mol. The van der Waals surface area contributed by atoms with Crippen LogP contribution >= 0.6 is 0 Å². The zero-order valence-electron chi connectivity index (χ0n) is 41.6. The van der Waals surface area contributed by atoms with Gasteiger partial charge in [0, 0.05) is 19.4 Å². The summed E-state index contributed by atoms with van der Waals surface area (Å²) in [6.07, 6.45) is 65.4. The Bertz CT molecular complexity index is 1030. The van der Waals surface area contributed by atoms with Crippen molar-refractivity contribution in [1.29, 1.82) is 0 Å². The Labute approximate surface area is 386 Å². The minimum Gasteiger partial charge on any atom is -0.462 e. The number of ether oxygens (including phenoxy) is 3. The molecule has 0 bridgehead atoms. The first-order valence-electron chi connectivity index (χ1n) is 27.2. The third kappa shape index (κ3) is 50.5. The van der Waals surface area contributed by atoms with Crippen molar-refractivity contribution in [3.05, 3.63) is 48.6 Å². The Hall–Kier alpha value is -2.14. The van der Waals surface area contributed by atoms with Crippen LogP contribution in [-0.2, 0) is 23.8 Å². The van der Waals surface area contributed by atoms with E-state index < -0.39 is 6.10 Å². The third-order valence-corrected chi connectivity index (χ3v) is 11.8. The summed E-state index contributed by atoms with van der Waals surface area (Å²) in [5.41, 5.74) is 0. The number of carbonyl (C=O) groups excluding carboxylic acids is 2. The van der Waals surface area contributed by atoms with Crippen LogP contribution in [-0.4, -0.2) is 37.9 Å². The van der Waals surface area contributed by atoms with Crippen LogP contribution in [0.3, 0.4) is 0 Å². The molecule has 362 valence electrons. The summed E-state index contributed by atoms with van der Waals surface area (Å²) < 4.78 is 17.4. The fraction of sp³-hybridized carbons (Fsp3) is 0.825. The highest BCUT2D eigenvalue weighted by Crippen LogP contribution is 2.15. The van der Waals surface area contributed by atoms with Crippen molar-refractivity contribution >= 4 is 11.9 Å². The van der Waals surface area contributed by atoms with E-state index in [1.165, 1.54) is 167 Å². The molecule has 62 heavy (non-hydrogen) atoms. The van der Waals surface area contributed by atoms with Crippen molar-refractivity contribution in [3.8, 4) is 0 Å². The predicted octanol–water partition coefficient (Wildman–Crippen LogP) is 18.3. The van der Waals surface area contributed by atoms with Crippen molar-refractivity contribution in [2.75, 3.05) is 19.8 Å². The van der Waals surface area contributed by atoms with E-state index >= 15 is 0 Å². The fourth-order valence-electron chi connectivity index (χ4n) is 7.75. The Balaban J connectivity index is 4.29. The van der Waals surface area contributed by atoms with Crippen molar-refractivity contribution in [1.82, 2.24) is 0 Å². The maximum Gasteiger partial charge on any atom is 0.306 e. The van der Waals surface area contributed by atoms with Gasteiger partial charge in [-0.2, -0.15) is 0 Å². The van der Waals surface area contributed by atoms with Gasteiger partial charge in [-0.15, -0.1) is 0 Å². The maximum atomic E-state index is 12.8. The number of allylic oxidation sites excluding steroid dienone is 8. The van der Waals surface area contributed by atoms with Crippen LogP contribution in [0, 0.1) is 0 Å². The zero-order valence-corrected chi connectivity index (χ0v) is 41.6. The molecule has 5 heteroatoms. The van der Waals surface area contributed by atoms with Crippen LogP contribution in [0.5, 0.6) is 0 Å². The molecule has 0 aromatic carbocycles. The molecular formula is C57H104O5. The summed E-state index contributed by atoms with van der Waals surface area (Å²) in [5.74, 6) is -0.417. The number of esters is 2. The van der Waals surface area contributed by atoms with E-state index in [4.69, 9.17) is 14.2 Å². The number of unbranched alkanes of at least 4 members (excludes halogenated alkanes) is 31. The molecule has 1 atom stereocenters. The molecule has 0 aromatic rings. The number of hydrogen-bond acceptors (Lipinski definition) is 5. The van der Waals surface area contributed by atoms with Crippen LogP contribution in [0.4, 0.5) is 0 Å². The van der Waals surface area contributed by atoms with Crippen LogP contribution in [0.2, 0.25) is 0 Å². The zero-order chi connectivity index (χ0) is 44.9. The van der Waals surface area contributed by atoms with E-state index in [1.54, 1.807) is 0 Å². The van der Waals surface area contributed by atoms with Gasteiger partial charge in [0.1, 0.15) is 6.61 Å². The highest BCUT2D eigenvalue weighted by molar-refractivity contribution is 5.70. The monoisotopic (exact) mass is 869 g/mol. The molecule has 0 saturated heterocycles. The Morgan fingerprint density at radius 1 is 0.355 bits per heavy atom. The van der Waals surface area contributed by atoms with Gasteiger partial charge in [0.05, 0.1) is 6.61 Å². The van der Waals surface area contributed by atoms with Crippen molar-refractivity contribution in [3.63, 3.8) is 0 Å². The van der Waals surface area contributed by atoms with Crippen molar-refractivity contribution < 1.29 is 23.8 Å². The standard InChI is InChI=1S/C57H104O5/c1-4-7-10-13-16-19-22-25-28-31-34-37-40-43-46-49-52-60-53-55(62-57(59)51-48-45-42-39-36-33-30-27-24-21-18-15-12-9-6-3)54-61-56(58)50-47-44-41-38-35-32-29-26-23-20-17-14-11-8-5-2/h17-18,20-21,26-27,29-30,55H,4-16,19,22-25,28,31-54H2,1-3H3/b20-17-,21-18-,29-26-,30-27-/t55-/m1/s1. The molecule has 0 amide bonds. The summed E-state index contributed by atoms with van der Waals surface area (Å²) in [4.78, 5) is 25.4. The lowest BCUT2D eigenvalue weighted by Crippen LogP contribution is -2.30. The molecule has 0 heterocycles. The summed E-state index contributed by atoms with van der Waals surface area (Å²) in [6, 6.07) is 0. The Kier molecular flexibility index (Phi) is 51.4. The smallest absolute Gasteiger partial charge is 0.306 e. The van der Waals surface area contributed by atoms with E-state index in [1.807, 2.05) is 0 Å². The molecule has 0 fully saturated rings. The van der Waals surface area contributed by atoms with Gasteiger partial charge in [0.2, 0.25) is 0 Å². The first-order chi connectivity index (χ1) is 30.6. The van der Waals surface area contributed by atoms with Crippen LogP contribution in [0.25, 0.3) is 0 Å². The van der Waals surface area contributed by atoms with E-state index in [0.29, 0.717) is 19.4 Å². The van der Waals surface area contributed by atoms with Gasteiger partial charge in [-0.3, -0.25) is 9.59 Å². The highest BCUT2D eigenvalue weighted by Gasteiger charge is 2.17. The van der Waals surface area contributed by atoms with Gasteiger partial charge in [-0.1, -0.05) is 230 Å². The Morgan fingerprint density at radius 2 is 0.677 bits per heavy atom. The minimum atomic E-state index is -0.546. The number of carbonyl (C=O) groups is 2. The number of hydrogen-bond donors (Lipinski definition) is 0. The molecule has 5 nitrogen and oxygen atoms in total. The lowest BCUT2D eigenvalue weighted by molar-refractivity contribution is -0.163. The average Bonchev–Trinajstić information content (AvgIpc) is 3.27. The molecule has 0 rings (SSSR count). The summed E-state index contributed by atoms with van der Waals surface area (Å²) in [5, 5.41) is 0. The van der Waals surface area contributed by atoms with E-state index in [9.17, 15) is 9.59 Å². The fourth-order valence-corrected chi connectivity index (χ4v) is 7.75. The molecular weight excluding hydrogens is 765 g/mol. The SMILES string of the molecule is CCCCC/C=C\C/C=C\CCCCCCCC(=O)OC[C@@H](COCCCCCCCCCCCCCCCCCC)OC(=O)CCCCCCC/C=C\C/C=C\CCCCC. The highest BCUT2D eigenvalue weighted by atomic mass is 16.6. The second-order valence-electron chi connectivity index (χ2n) is 18.1. The first-order valence-corrected chi connectivity index (χ1v) is 27.2. The second kappa shape index (κ2) is 53.2. The summed E-state index contributed by atoms with van der Waals surface area (Å²) in [7, 11) is 0. The topological polar surface area (TPSA) is 61.8 Å². The molecule has 0 saturated carbocycles. The van der Waals surface area contributed by atoms with Gasteiger partial charge in [-0.25, -0.2) is 0 Å². The Morgan fingerprint density at radius 3 is 1.10 bits per heavy atom. The van der Waals surface area contributed by atoms with E-state index in [-0.39, 0.29) is 25.2 Å². The maximum absolute atomic E-state index is 12.8. The largest absolute Gasteiger partial charge is 0.462 e. The lowest BCUT2D eigenvalue weighted by atomic mass is 10.0. The average molecular weight is 869 g/mol. The second-order valence-corrected chi connectivity index (χ2v) is 18.1. The van der Waals surface area contributed by atoms with Gasteiger partial charge >= 0.3 is 11.9 Å². The van der Waals surface area contributed by atoms with Crippen LogP contribution in [0.1, 0.15) is 278 Å². The summed E-state index contributed by atoms with van der Waals surface area (Å²) in [6.45, 7) is 7.79. The normalized spacial score (nSPS) is 12.5. The van der Waals surface area contributed by atoms with Gasteiger partial charge < -0.3 is 14.2 Å². The molecule has 0 aromatic heterocycles. The summed E-state index contributed by atoms with van der Waals surface area (Å²) >= 11 is 0. The first kappa shape index (κ1) is 59.9. The van der Waals surface area contributed by atoms with Crippen LogP contribution < -0.4 is 0 Å². The molecule has 0 aliphatic heterocycles. The molecule has 0 N–H and O–H groups in total. The van der Waals surface area contributed by atoms with Gasteiger partial charge in [0.25, 0.3) is 0 Å².